The molecule has 0 radical (unpaired) electrons. The molecule has 0 amide bonds. The monoisotopic (exact) mass is 256 g/mol. The van der Waals surface area contributed by atoms with Gasteiger partial charge in [-0.3, -0.25) is 0 Å². The van der Waals surface area contributed by atoms with E-state index in [-0.39, 0.29) is 18.3 Å². The van der Waals surface area contributed by atoms with Crippen molar-refractivity contribution < 1.29 is 9.50 Å². The van der Waals surface area contributed by atoms with Gasteiger partial charge in [0.15, 0.2) is 0 Å². The van der Waals surface area contributed by atoms with Crippen LogP contribution in [-0.2, 0) is 6.42 Å². The zero-order valence-electron chi connectivity index (χ0n) is 9.83. The third kappa shape index (κ3) is 3.20. The summed E-state index contributed by atoms with van der Waals surface area (Å²) in [6, 6.07) is 4.79. The predicted molar refractivity (Wildman–Crippen MR) is 67.6 cm³/mol. The Hall–Kier alpha value is -0.600. The Labute approximate surface area is 107 Å². The SMILES string of the molecule is OCC(Cc1ccc(Cl)cc1F)C1CCCC1. The van der Waals surface area contributed by atoms with Gasteiger partial charge < -0.3 is 5.11 Å². The maximum absolute atomic E-state index is 13.7. The number of rotatable bonds is 4. The molecule has 1 aliphatic carbocycles. The van der Waals surface area contributed by atoms with Crippen molar-refractivity contribution in [2.75, 3.05) is 6.61 Å². The van der Waals surface area contributed by atoms with Crippen molar-refractivity contribution in [2.45, 2.75) is 32.1 Å². The molecule has 0 heterocycles. The van der Waals surface area contributed by atoms with Crippen LogP contribution in [0.1, 0.15) is 31.2 Å². The Balaban J connectivity index is 2.06. The molecule has 1 N–H and O–H groups in total. The summed E-state index contributed by atoms with van der Waals surface area (Å²) < 4.78 is 13.7. The lowest BCUT2D eigenvalue weighted by Crippen LogP contribution is -2.19. The van der Waals surface area contributed by atoms with Gasteiger partial charge in [-0.1, -0.05) is 43.4 Å². The van der Waals surface area contributed by atoms with Crippen LogP contribution < -0.4 is 0 Å². The van der Waals surface area contributed by atoms with Gasteiger partial charge >= 0.3 is 0 Å². The standard InChI is InChI=1S/C14H18ClFO/c15-13-6-5-11(14(16)8-13)7-12(9-17)10-3-1-2-4-10/h5-6,8,10,12,17H,1-4,7,9H2. The molecule has 0 saturated heterocycles. The minimum atomic E-state index is -0.256. The molecule has 0 aromatic heterocycles. The van der Waals surface area contributed by atoms with Gasteiger partial charge in [-0.15, -0.1) is 0 Å². The van der Waals surface area contributed by atoms with E-state index in [1.807, 2.05) is 0 Å². The molecule has 1 aromatic rings. The zero-order chi connectivity index (χ0) is 12.3. The topological polar surface area (TPSA) is 20.2 Å². The number of halogens is 2. The summed E-state index contributed by atoms with van der Waals surface area (Å²) >= 11 is 5.73. The summed E-state index contributed by atoms with van der Waals surface area (Å²) in [7, 11) is 0. The van der Waals surface area contributed by atoms with E-state index in [1.165, 1.54) is 31.7 Å². The lowest BCUT2D eigenvalue weighted by molar-refractivity contribution is 0.175. The molecule has 1 unspecified atom stereocenters. The minimum absolute atomic E-state index is 0.146. The molecule has 1 atom stereocenters. The zero-order valence-corrected chi connectivity index (χ0v) is 10.6. The maximum atomic E-state index is 13.7. The maximum Gasteiger partial charge on any atom is 0.127 e. The highest BCUT2D eigenvalue weighted by molar-refractivity contribution is 6.30. The average Bonchev–Trinajstić information content (AvgIpc) is 2.81. The smallest absolute Gasteiger partial charge is 0.127 e. The molecule has 1 aliphatic rings. The summed E-state index contributed by atoms with van der Waals surface area (Å²) in [5.41, 5.74) is 0.667. The molecule has 0 spiro atoms. The molecular weight excluding hydrogens is 239 g/mol. The van der Waals surface area contributed by atoms with Crippen LogP contribution in [0, 0.1) is 17.7 Å². The molecule has 1 saturated carbocycles. The first-order valence-corrected chi connectivity index (χ1v) is 6.63. The van der Waals surface area contributed by atoms with Crippen molar-refractivity contribution >= 4 is 11.6 Å². The second-order valence-corrected chi connectivity index (χ2v) is 5.36. The van der Waals surface area contributed by atoms with E-state index < -0.39 is 0 Å². The fraction of sp³-hybridized carbons (Fsp3) is 0.571. The van der Waals surface area contributed by atoms with E-state index in [2.05, 4.69) is 0 Å². The predicted octanol–water partition coefficient (Wildman–Crippen LogP) is 3.82. The molecule has 94 valence electrons. The number of hydrogen-bond donors (Lipinski definition) is 1. The Morgan fingerprint density at radius 2 is 2.06 bits per heavy atom. The van der Waals surface area contributed by atoms with Gasteiger partial charge in [0, 0.05) is 11.6 Å². The minimum Gasteiger partial charge on any atom is -0.396 e. The fourth-order valence-electron chi connectivity index (χ4n) is 2.78. The van der Waals surface area contributed by atoms with Gasteiger partial charge in [-0.2, -0.15) is 0 Å². The Morgan fingerprint density at radius 1 is 1.35 bits per heavy atom. The summed E-state index contributed by atoms with van der Waals surface area (Å²) in [5.74, 6) is 0.484. The molecule has 1 fully saturated rings. The molecule has 1 aromatic carbocycles. The van der Waals surface area contributed by atoms with Crippen LogP contribution in [0.5, 0.6) is 0 Å². The van der Waals surface area contributed by atoms with Crippen molar-refractivity contribution in [1.82, 2.24) is 0 Å². The highest BCUT2D eigenvalue weighted by atomic mass is 35.5. The van der Waals surface area contributed by atoms with Gasteiger partial charge in [0.05, 0.1) is 0 Å². The lowest BCUT2D eigenvalue weighted by Gasteiger charge is -2.21. The second-order valence-electron chi connectivity index (χ2n) is 4.93. The largest absolute Gasteiger partial charge is 0.396 e. The summed E-state index contributed by atoms with van der Waals surface area (Å²) in [6.45, 7) is 0.146. The molecule has 2 rings (SSSR count). The second kappa shape index (κ2) is 5.83. The van der Waals surface area contributed by atoms with Crippen molar-refractivity contribution in [2.24, 2.45) is 11.8 Å². The third-order valence-corrected chi connectivity index (χ3v) is 4.03. The average molecular weight is 257 g/mol. The Morgan fingerprint density at radius 3 is 2.65 bits per heavy atom. The van der Waals surface area contributed by atoms with Crippen LogP contribution in [0.4, 0.5) is 4.39 Å². The number of aliphatic hydroxyl groups excluding tert-OH is 1. The number of benzene rings is 1. The molecule has 1 nitrogen and oxygen atoms in total. The first kappa shape index (κ1) is 12.8. The van der Waals surface area contributed by atoms with Crippen LogP contribution in [0.25, 0.3) is 0 Å². The molecule has 0 aliphatic heterocycles. The van der Waals surface area contributed by atoms with Gasteiger partial charge in [-0.25, -0.2) is 4.39 Å². The van der Waals surface area contributed by atoms with E-state index in [0.29, 0.717) is 22.9 Å². The first-order chi connectivity index (χ1) is 8.20. The van der Waals surface area contributed by atoms with Crippen molar-refractivity contribution in [1.29, 1.82) is 0 Å². The number of aliphatic hydroxyl groups is 1. The van der Waals surface area contributed by atoms with Crippen molar-refractivity contribution in [3.8, 4) is 0 Å². The number of hydrogen-bond acceptors (Lipinski definition) is 1. The first-order valence-electron chi connectivity index (χ1n) is 6.25. The van der Waals surface area contributed by atoms with E-state index in [1.54, 1.807) is 12.1 Å². The van der Waals surface area contributed by atoms with E-state index in [9.17, 15) is 9.50 Å². The van der Waals surface area contributed by atoms with Gasteiger partial charge in [0.2, 0.25) is 0 Å². The molecule has 3 heteroatoms. The summed E-state index contributed by atoms with van der Waals surface area (Å²) in [6.07, 6.45) is 5.43. The summed E-state index contributed by atoms with van der Waals surface area (Å²) in [5, 5.41) is 9.87. The van der Waals surface area contributed by atoms with E-state index in [0.717, 1.165) is 0 Å². The summed E-state index contributed by atoms with van der Waals surface area (Å²) in [4.78, 5) is 0. The van der Waals surface area contributed by atoms with Gasteiger partial charge in [0.1, 0.15) is 5.82 Å². The van der Waals surface area contributed by atoms with Crippen LogP contribution in [0.2, 0.25) is 5.02 Å². The quantitative estimate of drug-likeness (QED) is 0.868. The van der Waals surface area contributed by atoms with Crippen molar-refractivity contribution in [3.63, 3.8) is 0 Å². The van der Waals surface area contributed by atoms with Crippen LogP contribution in [-0.4, -0.2) is 11.7 Å². The normalized spacial score (nSPS) is 18.5. The van der Waals surface area contributed by atoms with Gasteiger partial charge in [-0.05, 0) is 36.0 Å². The van der Waals surface area contributed by atoms with E-state index in [4.69, 9.17) is 11.6 Å². The molecular formula is C14H18ClFO. The highest BCUT2D eigenvalue weighted by Crippen LogP contribution is 2.33. The van der Waals surface area contributed by atoms with Crippen LogP contribution in [0.3, 0.4) is 0 Å². The van der Waals surface area contributed by atoms with Crippen LogP contribution >= 0.6 is 11.6 Å². The third-order valence-electron chi connectivity index (χ3n) is 3.80. The molecule has 17 heavy (non-hydrogen) atoms. The highest BCUT2D eigenvalue weighted by Gasteiger charge is 2.25. The van der Waals surface area contributed by atoms with Gasteiger partial charge in [0.25, 0.3) is 0 Å². The lowest BCUT2D eigenvalue weighted by atomic mass is 9.86. The Kier molecular flexibility index (Phi) is 4.41. The van der Waals surface area contributed by atoms with E-state index >= 15 is 0 Å². The van der Waals surface area contributed by atoms with Crippen molar-refractivity contribution in [3.05, 3.63) is 34.6 Å². The Bertz CT molecular complexity index is 374. The fourth-order valence-corrected chi connectivity index (χ4v) is 2.94. The van der Waals surface area contributed by atoms with Crippen LogP contribution in [0.15, 0.2) is 18.2 Å². The molecule has 0 bridgehead atoms.